The Kier molecular flexibility index (Phi) is 5.60. The van der Waals surface area contributed by atoms with Crippen LogP contribution in [0.15, 0.2) is 42.9 Å². The summed E-state index contributed by atoms with van der Waals surface area (Å²) in [4.78, 5) is 47.5. The summed E-state index contributed by atoms with van der Waals surface area (Å²) >= 11 is 0. The molecule has 0 saturated carbocycles. The molecule has 3 heterocycles. The van der Waals surface area contributed by atoms with E-state index in [2.05, 4.69) is 20.6 Å². The van der Waals surface area contributed by atoms with Gasteiger partial charge in [0.1, 0.15) is 23.5 Å². The maximum atomic E-state index is 13.0. The minimum absolute atomic E-state index is 0.0888. The zero-order chi connectivity index (χ0) is 21.1. The molecule has 0 aliphatic carbocycles. The summed E-state index contributed by atoms with van der Waals surface area (Å²) in [5.74, 6) is 0.130. The molecule has 2 fully saturated rings. The summed E-state index contributed by atoms with van der Waals surface area (Å²) in [6, 6.07) is 6.06. The molecular formula is C21H23N5O4. The number of hydrogen-bond donors (Lipinski definition) is 2. The fourth-order valence-electron chi connectivity index (χ4n) is 3.95. The van der Waals surface area contributed by atoms with E-state index in [1.165, 1.54) is 18.6 Å². The van der Waals surface area contributed by atoms with Crippen molar-refractivity contribution in [3.8, 4) is 5.75 Å². The Bertz CT molecular complexity index is 934. The molecule has 0 bridgehead atoms. The second-order valence-electron chi connectivity index (χ2n) is 7.45. The number of fused-ring (bicyclic) bond motifs is 1. The molecule has 2 aliphatic rings. The van der Waals surface area contributed by atoms with Crippen LogP contribution in [0.3, 0.4) is 0 Å². The quantitative estimate of drug-likeness (QED) is 0.735. The molecule has 0 spiro atoms. The van der Waals surface area contributed by atoms with Crippen molar-refractivity contribution in [2.24, 2.45) is 0 Å². The van der Waals surface area contributed by atoms with Gasteiger partial charge in [0.05, 0.1) is 13.3 Å². The van der Waals surface area contributed by atoms with E-state index in [0.29, 0.717) is 25.8 Å². The average Bonchev–Trinajstić information content (AvgIpc) is 2.78. The van der Waals surface area contributed by atoms with Crippen molar-refractivity contribution in [2.75, 3.05) is 13.7 Å². The molecule has 1 aromatic heterocycles. The lowest BCUT2D eigenvalue weighted by atomic mass is 9.91. The molecule has 4 rings (SSSR count). The van der Waals surface area contributed by atoms with Crippen LogP contribution < -0.4 is 15.4 Å². The lowest BCUT2D eigenvalue weighted by molar-refractivity contribution is -0.151. The molecular weight excluding hydrogens is 386 g/mol. The minimum Gasteiger partial charge on any atom is -0.497 e. The Morgan fingerprint density at radius 3 is 2.77 bits per heavy atom. The number of nitrogens with one attached hydrogen (secondary N) is 2. The monoisotopic (exact) mass is 409 g/mol. The van der Waals surface area contributed by atoms with Crippen LogP contribution in [0, 0.1) is 0 Å². The Balaban J connectivity index is 1.38. The number of piperazine rings is 1. The van der Waals surface area contributed by atoms with Crippen LogP contribution in [0.5, 0.6) is 5.75 Å². The predicted octanol–water partition coefficient (Wildman–Crippen LogP) is 0.316. The maximum Gasteiger partial charge on any atom is 0.271 e. The van der Waals surface area contributed by atoms with E-state index in [9.17, 15) is 14.4 Å². The zero-order valence-electron chi connectivity index (χ0n) is 16.6. The van der Waals surface area contributed by atoms with Gasteiger partial charge in [-0.1, -0.05) is 12.1 Å². The van der Waals surface area contributed by atoms with E-state index >= 15 is 0 Å². The lowest BCUT2D eigenvalue weighted by Crippen LogP contribution is -2.67. The number of methoxy groups -OCH3 is 1. The summed E-state index contributed by atoms with van der Waals surface area (Å²) in [5.41, 5.74) is 1.17. The number of carbonyl (C=O) groups is 3. The van der Waals surface area contributed by atoms with E-state index in [-0.39, 0.29) is 29.5 Å². The minimum atomic E-state index is -0.590. The summed E-state index contributed by atoms with van der Waals surface area (Å²) in [6.45, 7) is 0.418. The molecule has 3 amide bonds. The van der Waals surface area contributed by atoms with Crippen LogP contribution in [0.25, 0.3) is 0 Å². The van der Waals surface area contributed by atoms with Gasteiger partial charge in [0.2, 0.25) is 11.8 Å². The van der Waals surface area contributed by atoms with E-state index in [0.717, 1.165) is 11.3 Å². The fourth-order valence-corrected chi connectivity index (χ4v) is 3.95. The molecule has 2 N–H and O–H groups in total. The Morgan fingerprint density at radius 1 is 1.27 bits per heavy atom. The van der Waals surface area contributed by atoms with Gasteiger partial charge in [-0.15, -0.1) is 0 Å². The number of benzene rings is 1. The second-order valence-corrected chi connectivity index (χ2v) is 7.45. The summed E-state index contributed by atoms with van der Waals surface area (Å²) in [7, 11) is 1.60. The standard InChI is InChI=1S/C21H23N5O4/c1-30-15-4-2-13(3-5-15)10-16-21(29)26-9-6-14(11-18(26)20(28)25-16)24-19(27)17-12-22-7-8-23-17/h2-5,7-8,12,14,16,18H,6,9-11H2,1H3,(H,24,27)(H,25,28). The molecule has 3 unspecified atom stereocenters. The highest BCUT2D eigenvalue weighted by Gasteiger charge is 2.44. The molecule has 2 saturated heterocycles. The number of aromatic nitrogens is 2. The normalized spacial score (nSPS) is 23.4. The van der Waals surface area contributed by atoms with Gasteiger partial charge in [0, 0.05) is 31.4 Å². The van der Waals surface area contributed by atoms with Gasteiger partial charge in [0.15, 0.2) is 0 Å². The van der Waals surface area contributed by atoms with E-state index < -0.39 is 12.1 Å². The van der Waals surface area contributed by atoms with Gasteiger partial charge in [-0.25, -0.2) is 4.98 Å². The molecule has 0 radical (unpaired) electrons. The van der Waals surface area contributed by atoms with Gasteiger partial charge >= 0.3 is 0 Å². The number of ether oxygens (including phenoxy) is 1. The first-order chi connectivity index (χ1) is 14.5. The third-order valence-corrected chi connectivity index (χ3v) is 5.53. The highest BCUT2D eigenvalue weighted by molar-refractivity contribution is 5.97. The second kappa shape index (κ2) is 8.48. The van der Waals surface area contributed by atoms with Crippen LogP contribution in [-0.2, 0) is 16.0 Å². The third-order valence-electron chi connectivity index (χ3n) is 5.53. The van der Waals surface area contributed by atoms with Crippen LogP contribution in [0.2, 0.25) is 0 Å². The smallest absolute Gasteiger partial charge is 0.271 e. The van der Waals surface area contributed by atoms with Crippen molar-refractivity contribution in [3.63, 3.8) is 0 Å². The average molecular weight is 409 g/mol. The summed E-state index contributed by atoms with van der Waals surface area (Å²) in [5, 5.41) is 5.75. The van der Waals surface area contributed by atoms with E-state index in [1.54, 1.807) is 12.0 Å². The SMILES string of the molecule is COc1ccc(CC2NC(=O)C3CC(NC(=O)c4cnccn4)CCN3C2=O)cc1. The number of carbonyl (C=O) groups excluding carboxylic acids is 3. The van der Waals surface area contributed by atoms with Crippen molar-refractivity contribution >= 4 is 17.7 Å². The Hall–Kier alpha value is -3.49. The highest BCUT2D eigenvalue weighted by atomic mass is 16.5. The van der Waals surface area contributed by atoms with Gasteiger partial charge in [-0.3, -0.25) is 19.4 Å². The zero-order valence-corrected chi connectivity index (χ0v) is 16.6. The third kappa shape index (κ3) is 4.10. The maximum absolute atomic E-state index is 13.0. The van der Waals surface area contributed by atoms with E-state index in [4.69, 9.17) is 4.74 Å². The first-order valence-corrected chi connectivity index (χ1v) is 9.86. The molecule has 9 heteroatoms. The molecule has 2 aliphatic heterocycles. The van der Waals surface area contributed by atoms with Crippen molar-refractivity contribution in [3.05, 3.63) is 54.1 Å². The molecule has 2 aromatic rings. The van der Waals surface area contributed by atoms with Gasteiger partial charge < -0.3 is 20.3 Å². The summed E-state index contributed by atoms with van der Waals surface area (Å²) < 4.78 is 5.15. The number of rotatable bonds is 5. The topological polar surface area (TPSA) is 114 Å². The van der Waals surface area contributed by atoms with Crippen molar-refractivity contribution in [1.82, 2.24) is 25.5 Å². The first-order valence-electron chi connectivity index (χ1n) is 9.86. The van der Waals surface area contributed by atoms with Crippen LogP contribution in [0.4, 0.5) is 0 Å². The molecule has 9 nitrogen and oxygen atoms in total. The molecule has 1 aromatic carbocycles. The van der Waals surface area contributed by atoms with Crippen molar-refractivity contribution in [2.45, 2.75) is 37.4 Å². The van der Waals surface area contributed by atoms with Crippen LogP contribution in [0.1, 0.15) is 28.9 Å². The number of hydrogen-bond acceptors (Lipinski definition) is 6. The molecule has 3 atom stereocenters. The van der Waals surface area contributed by atoms with Crippen molar-refractivity contribution in [1.29, 1.82) is 0 Å². The first kappa shape index (κ1) is 19.8. The van der Waals surface area contributed by atoms with Crippen LogP contribution in [-0.4, -0.2) is 64.4 Å². The lowest BCUT2D eigenvalue weighted by Gasteiger charge is -2.44. The fraction of sp³-hybridized carbons (Fsp3) is 0.381. The van der Waals surface area contributed by atoms with Gasteiger partial charge in [-0.05, 0) is 30.5 Å². The highest BCUT2D eigenvalue weighted by Crippen LogP contribution is 2.24. The van der Waals surface area contributed by atoms with Crippen LogP contribution >= 0.6 is 0 Å². The van der Waals surface area contributed by atoms with Gasteiger partial charge in [-0.2, -0.15) is 0 Å². The van der Waals surface area contributed by atoms with E-state index in [1.807, 2.05) is 24.3 Å². The molecule has 156 valence electrons. The Morgan fingerprint density at radius 2 is 2.07 bits per heavy atom. The largest absolute Gasteiger partial charge is 0.497 e. The number of piperidine rings is 1. The Labute approximate surface area is 173 Å². The number of nitrogens with zero attached hydrogens (tertiary/aromatic N) is 3. The van der Waals surface area contributed by atoms with Gasteiger partial charge in [0.25, 0.3) is 5.91 Å². The molecule has 30 heavy (non-hydrogen) atoms. The summed E-state index contributed by atoms with van der Waals surface area (Å²) in [6.07, 6.45) is 5.72. The number of amides is 3. The van der Waals surface area contributed by atoms with Crippen molar-refractivity contribution < 1.29 is 19.1 Å². The predicted molar refractivity (Wildman–Crippen MR) is 107 cm³/mol.